The van der Waals surface area contributed by atoms with Gasteiger partial charge in [0.1, 0.15) is 0 Å². The molecule has 1 saturated carbocycles. The molecule has 1 aliphatic rings. The molecule has 0 saturated heterocycles. The van der Waals surface area contributed by atoms with Gasteiger partial charge in [0.25, 0.3) is 0 Å². The third kappa shape index (κ3) is 5.48. The van der Waals surface area contributed by atoms with Crippen LogP contribution in [0, 0.1) is 0 Å². The summed E-state index contributed by atoms with van der Waals surface area (Å²) in [6, 6.07) is 10.8. The number of hydrogen-bond acceptors (Lipinski definition) is 1. The number of aryl methyl sites for hydroxylation is 1. The molecule has 2 aromatic rings. The lowest BCUT2D eigenvalue weighted by atomic mass is 9.96. The van der Waals surface area contributed by atoms with Gasteiger partial charge in [-0.1, -0.05) is 28.1 Å². The van der Waals surface area contributed by atoms with Crippen molar-refractivity contribution in [2.75, 3.05) is 13.1 Å². The maximum absolute atomic E-state index is 4.71. The molecule has 0 atom stereocenters. The van der Waals surface area contributed by atoms with E-state index in [-0.39, 0.29) is 29.4 Å². The predicted octanol–water partition coefficient (Wildman–Crippen LogP) is 4.19. The van der Waals surface area contributed by atoms with E-state index in [1.165, 1.54) is 24.0 Å². The van der Waals surface area contributed by atoms with Gasteiger partial charge in [0.05, 0.1) is 6.54 Å². The number of halogens is 2. The third-order valence-electron chi connectivity index (χ3n) is 4.54. The Balaban J connectivity index is 0.00000225. The van der Waals surface area contributed by atoms with Gasteiger partial charge in [0.15, 0.2) is 5.96 Å². The summed E-state index contributed by atoms with van der Waals surface area (Å²) in [7, 11) is 2.03. The van der Waals surface area contributed by atoms with Crippen LogP contribution in [0.3, 0.4) is 0 Å². The normalized spacial score (nSPS) is 15.4. The molecule has 0 unspecified atom stereocenters. The minimum atomic E-state index is 0. The predicted molar refractivity (Wildman–Crippen MR) is 119 cm³/mol. The van der Waals surface area contributed by atoms with E-state index in [9.17, 15) is 0 Å². The van der Waals surface area contributed by atoms with E-state index in [1.807, 2.05) is 7.05 Å². The van der Waals surface area contributed by atoms with Gasteiger partial charge in [-0.2, -0.15) is 0 Å². The summed E-state index contributed by atoms with van der Waals surface area (Å²) in [4.78, 5) is 4.71. The van der Waals surface area contributed by atoms with Gasteiger partial charge >= 0.3 is 0 Å². The van der Waals surface area contributed by atoms with Crippen molar-refractivity contribution in [1.29, 1.82) is 0 Å². The van der Waals surface area contributed by atoms with Gasteiger partial charge in [-0.15, -0.1) is 24.0 Å². The molecular weight excluding hydrogens is 491 g/mol. The highest BCUT2D eigenvalue weighted by atomic mass is 127. The maximum atomic E-state index is 4.71. The van der Waals surface area contributed by atoms with Crippen LogP contribution < -0.4 is 10.6 Å². The van der Waals surface area contributed by atoms with Crippen LogP contribution in [0.25, 0.3) is 0 Å². The molecule has 0 radical (unpaired) electrons. The standard InChI is InChI=1S/C19H25BrN4.HI/c1-3-21-18(22-12-15-7-10-24(2)13-15)23-14-19(8-9-19)16-5-4-6-17(20)11-16;/h4-7,10-11,13H,3,8-9,12,14H2,1-2H3,(H2,21,22,23);1H. The molecule has 1 aromatic heterocycles. The SMILES string of the molecule is CCNC(=NCc1ccn(C)c1)NCC1(c2cccc(Br)c2)CC1.I. The Hall–Kier alpha value is -1.02. The zero-order valence-electron chi connectivity index (χ0n) is 14.8. The van der Waals surface area contributed by atoms with Crippen molar-refractivity contribution in [3.8, 4) is 0 Å². The Labute approximate surface area is 175 Å². The summed E-state index contributed by atoms with van der Waals surface area (Å²) < 4.78 is 3.20. The molecule has 2 N–H and O–H groups in total. The van der Waals surface area contributed by atoms with Crippen LogP contribution in [0.5, 0.6) is 0 Å². The Bertz CT molecular complexity index is 722. The van der Waals surface area contributed by atoms with Crippen LogP contribution in [-0.4, -0.2) is 23.6 Å². The van der Waals surface area contributed by atoms with Gasteiger partial charge in [0.2, 0.25) is 0 Å². The molecule has 0 spiro atoms. The van der Waals surface area contributed by atoms with Crippen LogP contribution in [0.2, 0.25) is 0 Å². The summed E-state index contributed by atoms with van der Waals surface area (Å²) in [5.74, 6) is 0.891. The van der Waals surface area contributed by atoms with Crippen LogP contribution in [0.15, 0.2) is 52.2 Å². The highest BCUT2D eigenvalue weighted by Crippen LogP contribution is 2.48. The Kier molecular flexibility index (Phi) is 7.37. The number of hydrogen-bond donors (Lipinski definition) is 2. The van der Waals surface area contributed by atoms with Crippen molar-refractivity contribution in [3.63, 3.8) is 0 Å². The number of aliphatic imine (C=N–C) groups is 1. The molecule has 1 heterocycles. The Morgan fingerprint density at radius 3 is 2.68 bits per heavy atom. The molecule has 0 amide bonds. The molecule has 4 nitrogen and oxygen atoms in total. The van der Waals surface area contributed by atoms with Gasteiger partial charge < -0.3 is 15.2 Å². The first-order valence-corrected chi connectivity index (χ1v) is 9.30. The number of nitrogens with one attached hydrogen (secondary N) is 2. The fraction of sp³-hybridized carbons (Fsp3) is 0.421. The topological polar surface area (TPSA) is 41.4 Å². The second kappa shape index (κ2) is 9.07. The lowest BCUT2D eigenvalue weighted by Crippen LogP contribution is -2.41. The average Bonchev–Trinajstić information content (AvgIpc) is 3.25. The molecule has 136 valence electrons. The van der Waals surface area contributed by atoms with Crippen LogP contribution in [0.1, 0.15) is 30.9 Å². The smallest absolute Gasteiger partial charge is 0.191 e. The lowest BCUT2D eigenvalue weighted by molar-refractivity contribution is 0.645. The van der Waals surface area contributed by atoms with Crippen molar-refractivity contribution >= 4 is 45.9 Å². The largest absolute Gasteiger partial charge is 0.357 e. The summed E-state index contributed by atoms with van der Waals surface area (Å²) in [6.07, 6.45) is 6.62. The fourth-order valence-electron chi connectivity index (χ4n) is 2.96. The summed E-state index contributed by atoms with van der Waals surface area (Å²) in [6.45, 7) is 4.58. The monoisotopic (exact) mass is 516 g/mol. The Morgan fingerprint density at radius 2 is 2.08 bits per heavy atom. The molecule has 25 heavy (non-hydrogen) atoms. The van der Waals surface area contributed by atoms with E-state index in [0.717, 1.165) is 23.5 Å². The maximum Gasteiger partial charge on any atom is 0.191 e. The minimum absolute atomic E-state index is 0. The average molecular weight is 517 g/mol. The van der Waals surface area contributed by atoms with E-state index >= 15 is 0 Å². The summed E-state index contributed by atoms with van der Waals surface area (Å²) in [5.41, 5.74) is 2.89. The van der Waals surface area contributed by atoms with Crippen LogP contribution in [0.4, 0.5) is 0 Å². The van der Waals surface area contributed by atoms with Gasteiger partial charge in [-0.05, 0) is 49.1 Å². The number of benzene rings is 1. The number of aromatic nitrogens is 1. The van der Waals surface area contributed by atoms with Gasteiger partial charge in [-0.3, -0.25) is 0 Å². The molecule has 1 aromatic carbocycles. The number of nitrogens with zero attached hydrogens (tertiary/aromatic N) is 2. The van der Waals surface area contributed by atoms with Crippen molar-refractivity contribution < 1.29 is 0 Å². The van der Waals surface area contributed by atoms with Crippen molar-refractivity contribution in [1.82, 2.24) is 15.2 Å². The molecule has 0 aliphatic heterocycles. The van der Waals surface area contributed by atoms with Gasteiger partial charge in [-0.25, -0.2) is 4.99 Å². The van der Waals surface area contributed by atoms with Crippen LogP contribution in [-0.2, 0) is 19.0 Å². The number of guanidine groups is 1. The van der Waals surface area contributed by atoms with E-state index in [0.29, 0.717) is 6.54 Å². The molecule has 0 bridgehead atoms. The molecule has 6 heteroatoms. The van der Waals surface area contributed by atoms with Crippen LogP contribution >= 0.6 is 39.9 Å². The lowest BCUT2D eigenvalue weighted by Gasteiger charge is -2.19. The number of rotatable bonds is 6. The fourth-order valence-corrected chi connectivity index (χ4v) is 3.36. The van der Waals surface area contributed by atoms with E-state index in [4.69, 9.17) is 4.99 Å². The zero-order chi connectivity index (χ0) is 17.0. The first kappa shape index (κ1) is 20.3. The quantitative estimate of drug-likeness (QED) is 0.343. The molecule has 1 fully saturated rings. The van der Waals surface area contributed by atoms with E-state index < -0.39 is 0 Å². The first-order chi connectivity index (χ1) is 11.6. The van der Waals surface area contributed by atoms with Crippen molar-refractivity contribution in [2.45, 2.75) is 31.7 Å². The van der Waals surface area contributed by atoms with E-state index in [2.05, 4.69) is 80.8 Å². The molecular formula is C19H26BrIN4. The van der Waals surface area contributed by atoms with Crippen molar-refractivity contribution in [2.24, 2.45) is 12.0 Å². The third-order valence-corrected chi connectivity index (χ3v) is 5.04. The summed E-state index contributed by atoms with van der Waals surface area (Å²) in [5, 5.41) is 6.88. The van der Waals surface area contributed by atoms with Crippen molar-refractivity contribution in [3.05, 3.63) is 58.3 Å². The highest BCUT2D eigenvalue weighted by Gasteiger charge is 2.44. The Morgan fingerprint density at radius 1 is 1.28 bits per heavy atom. The second-order valence-corrected chi connectivity index (χ2v) is 7.44. The van der Waals surface area contributed by atoms with Gasteiger partial charge in [0, 0.05) is 42.4 Å². The minimum Gasteiger partial charge on any atom is -0.357 e. The highest BCUT2D eigenvalue weighted by molar-refractivity contribution is 14.0. The summed E-state index contributed by atoms with van der Waals surface area (Å²) >= 11 is 3.58. The van der Waals surface area contributed by atoms with E-state index in [1.54, 1.807) is 0 Å². The zero-order valence-corrected chi connectivity index (χ0v) is 18.7. The molecule has 3 rings (SSSR count). The first-order valence-electron chi connectivity index (χ1n) is 8.50. The second-order valence-electron chi connectivity index (χ2n) is 6.52. The molecule has 1 aliphatic carbocycles.